The van der Waals surface area contributed by atoms with Crippen LogP contribution < -0.4 is 5.32 Å². The number of carbonyl (C=O) groups is 2. The van der Waals surface area contributed by atoms with Gasteiger partial charge in [-0.15, -0.1) is 0 Å². The van der Waals surface area contributed by atoms with E-state index < -0.39 is 6.04 Å². The number of halogens is 1. The van der Waals surface area contributed by atoms with Crippen molar-refractivity contribution in [2.24, 2.45) is 17.8 Å². The number of nitrogens with zero attached hydrogens (tertiary/aromatic N) is 2. The van der Waals surface area contributed by atoms with E-state index >= 15 is 0 Å². The van der Waals surface area contributed by atoms with Gasteiger partial charge in [-0.1, -0.05) is 20.8 Å². The lowest BCUT2D eigenvalue weighted by atomic mass is 9.92. The summed E-state index contributed by atoms with van der Waals surface area (Å²) in [6.45, 7) is 11.3. The van der Waals surface area contributed by atoms with Gasteiger partial charge in [-0.05, 0) is 80.8 Å². The predicted octanol–water partition coefficient (Wildman–Crippen LogP) is 3.55. The third kappa shape index (κ3) is 6.03. The van der Waals surface area contributed by atoms with Gasteiger partial charge in [0.1, 0.15) is 11.9 Å². The van der Waals surface area contributed by atoms with E-state index in [0.29, 0.717) is 11.5 Å². The Labute approximate surface area is 180 Å². The molecule has 0 aliphatic carbocycles. The minimum absolute atomic E-state index is 0.00860. The molecule has 1 aromatic rings. The Hall–Kier alpha value is -1.95. The zero-order valence-electron chi connectivity index (χ0n) is 18.6. The molecule has 2 saturated heterocycles. The average molecular weight is 418 g/mol. The molecule has 0 saturated carbocycles. The second-order valence-corrected chi connectivity index (χ2v) is 9.45. The molecule has 2 heterocycles. The summed E-state index contributed by atoms with van der Waals surface area (Å²) >= 11 is 0. The number of carbonyl (C=O) groups excluding carboxylic acids is 2. The lowest BCUT2D eigenvalue weighted by Gasteiger charge is -2.38. The maximum absolute atomic E-state index is 13.1. The fraction of sp³-hybridized carbons (Fsp3) is 0.667. The Kier molecular flexibility index (Phi) is 7.87. The van der Waals surface area contributed by atoms with Crippen molar-refractivity contribution < 1.29 is 14.0 Å². The Morgan fingerprint density at radius 3 is 2.20 bits per heavy atom. The standard InChI is InChI=1S/C24H36FN3O2/c1-17(2)22(26-23(29)20-4-6-21(25)7-5-20)24(30)28-14-10-19(11-15-28)16-27-12-8-18(3)9-13-27/h4-7,17-19,22H,8-16H2,1-3H3,(H,26,29)/t22-/m1/s1. The molecule has 0 aromatic heterocycles. The van der Waals surface area contributed by atoms with Crippen molar-refractivity contribution in [2.75, 3.05) is 32.7 Å². The van der Waals surface area contributed by atoms with Crippen LogP contribution in [0.5, 0.6) is 0 Å². The van der Waals surface area contributed by atoms with Gasteiger partial charge in [-0.25, -0.2) is 4.39 Å². The van der Waals surface area contributed by atoms with Crippen molar-refractivity contribution >= 4 is 11.8 Å². The van der Waals surface area contributed by atoms with Gasteiger partial charge in [0.15, 0.2) is 0 Å². The summed E-state index contributed by atoms with van der Waals surface area (Å²) in [6, 6.07) is 4.84. The summed E-state index contributed by atoms with van der Waals surface area (Å²) in [5.41, 5.74) is 0.365. The second kappa shape index (κ2) is 10.4. The quantitative estimate of drug-likeness (QED) is 0.770. The highest BCUT2D eigenvalue weighted by Crippen LogP contribution is 2.23. The van der Waals surface area contributed by atoms with Crippen LogP contribution in [0.3, 0.4) is 0 Å². The Balaban J connectivity index is 1.51. The lowest BCUT2D eigenvalue weighted by Crippen LogP contribution is -2.53. The van der Waals surface area contributed by atoms with E-state index in [1.54, 1.807) is 0 Å². The second-order valence-electron chi connectivity index (χ2n) is 9.45. The number of hydrogen-bond donors (Lipinski definition) is 1. The maximum Gasteiger partial charge on any atom is 0.251 e. The van der Waals surface area contributed by atoms with Crippen LogP contribution in [0, 0.1) is 23.6 Å². The van der Waals surface area contributed by atoms with Crippen molar-refractivity contribution in [1.29, 1.82) is 0 Å². The topological polar surface area (TPSA) is 52.6 Å². The number of benzene rings is 1. The maximum atomic E-state index is 13.1. The molecular weight excluding hydrogens is 381 g/mol. The van der Waals surface area contributed by atoms with E-state index in [-0.39, 0.29) is 23.5 Å². The van der Waals surface area contributed by atoms with Crippen LogP contribution in [0.2, 0.25) is 0 Å². The minimum Gasteiger partial charge on any atom is -0.341 e. The number of rotatable bonds is 6. The van der Waals surface area contributed by atoms with Gasteiger partial charge in [-0.3, -0.25) is 9.59 Å². The summed E-state index contributed by atoms with van der Waals surface area (Å²) in [5, 5.41) is 2.87. The van der Waals surface area contributed by atoms with Crippen molar-refractivity contribution in [1.82, 2.24) is 15.1 Å². The van der Waals surface area contributed by atoms with Crippen LogP contribution >= 0.6 is 0 Å². The van der Waals surface area contributed by atoms with Gasteiger partial charge in [-0.2, -0.15) is 0 Å². The third-order valence-corrected chi connectivity index (χ3v) is 6.64. The molecular formula is C24H36FN3O2. The van der Waals surface area contributed by atoms with Gasteiger partial charge < -0.3 is 15.1 Å². The molecule has 166 valence electrons. The number of piperidine rings is 2. The number of nitrogens with one attached hydrogen (secondary N) is 1. The number of likely N-dealkylation sites (tertiary alicyclic amines) is 2. The molecule has 2 aliphatic heterocycles. The Morgan fingerprint density at radius 2 is 1.63 bits per heavy atom. The first kappa shape index (κ1) is 22.7. The molecule has 3 rings (SSSR count). The van der Waals surface area contributed by atoms with Crippen molar-refractivity contribution in [3.63, 3.8) is 0 Å². The molecule has 2 aliphatic rings. The highest BCUT2D eigenvalue weighted by molar-refractivity contribution is 5.97. The Morgan fingerprint density at radius 1 is 1.03 bits per heavy atom. The van der Waals surface area contributed by atoms with E-state index in [1.807, 2.05) is 18.7 Å². The van der Waals surface area contributed by atoms with Crippen LogP contribution in [-0.2, 0) is 4.79 Å². The van der Waals surface area contributed by atoms with Crippen LogP contribution in [0.1, 0.15) is 56.8 Å². The SMILES string of the molecule is CC1CCN(CC2CCN(C(=O)[C@H](NC(=O)c3ccc(F)cc3)C(C)C)CC2)CC1. The van der Waals surface area contributed by atoms with E-state index in [9.17, 15) is 14.0 Å². The summed E-state index contributed by atoms with van der Waals surface area (Å²) in [4.78, 5) is 30.2. The van der Waals surface area contributed by atoms with Crippen LogP contribution in [0.15, 0.2) is 24.3 Å². The molecule has 0 bridgehead atoms. The molecule has 2 fully saturated rings. The molecule has 0 unspecified atom stereocenters. The molecule has 1 atom stereocenters. The molecule has 0 spiro atoms. The van der Waals surface area contributed by atoms with E-state index in [0.717, 1.165) is 38.4 Å². The van der Waals surface area contributed by atoms with E-state index in [4.69, 9.17) is 0 Å². The molecule has 1 aromatic carbocycles. The normalized spacial score (nSPS) is 20.4. The zero-order chi connectivity index (χ0) is 21.7. The predicted molar refractivity (Wildman–Crippen MR) is 117 cm³/mol. The van der Waals surface area contributed by atoms with Gasteiger partial charge in [0.25, 0.3) is 5.91 Å². The third-order valence-electron chi connectivity index (χ3n) is 6.64. The van der Waals surface area contributed by atoms with Crippen LogP contribution in [0.4, 0.5) is 4.39 Å². The van der Waals surface area contributed by atoms with Crippen molar-refractivity contribution in [2.45, 2.75) is 52.5 Å². The highest BCUT2D eigenvalue weighted by Gasteiger charge is 2.32. The van der Waals surface area contributed by atoms with Crippen molar-refractivity contribution in [3.05, 3.63) is 35.6 Å². The molecule has 30 heavy (non-hydrogen) atoms. The van der Waals surface area contributed by atoms with Gasteiger partial charge >= 0.3 is 0 Å². The van der Waals surface area contributed by atoms with Gasteiger partial charge in [0.2, 0.25) is 5.91 Å². The van der Waals surface area contributed by atoms with E-state index in [1.165, 1.54) is 50.2 Å². The zero-order valence-corrected chi connectivity index (χ0v) is 18.6. The first-order valence-corrected chi connectivity index (χ1v) is 11.4. The van der Waals surface area contributed by atoms with Crippen LogP contribution in [0.25, 0.3) is 0 Å². The van der Waals surface area contributed by atoms with Crippen LogP contribution in [-0.4, -0.2) is 60.4 Å². The van der Waals surface area contributed by atoms with Gasteiger partial charge in [0.05, 0.1) is 0 Å². The summed E-state index contributed by atoms with van der Waals surface area (Å²) < 4.78 is 13.1. The molecule has 1 N–H and O–H groups in total. The molecule has 0 radical (unpaired) electrons. The summed E-state index contributed by atoms with van der Waals surface area (Å²) in [5.74, 6) is 0.745. The average Bonchev–Trinajstić information content (AvgIpc) is 2.74. The number of hydrogen-bond acceptors (Lipinski definition) is 3. The first-order chi connectivity index (χ1) is 14.3. The first-order valence-electron chi connectivity index (χ1n) is 11.4. The Bertz CT molecular complexity index is 706. The molecule has 6 heteroatoms. The molecule has 5 nitrogen and oxygen atoms in total. The van der Waals surface area contributed by atoms with Crippen molar-refractivity contribution in [3.8, 4) is 0 Å². The highest BCUT2D eigenvalue weighted by atomic mass is 19.1. The lowest BCUT2D eigenvalue weighted by molar-refractivity contribution is -0.135. The molecule has 2 amide bonds. The fourth-order valence-electron chi connectivity index (χ4n) is 4.48. The largest absolute Gasteiger partial charge is 0.341 e. The monoisotopic (exact) mass is 417 g/mol. The number of amides is 2. The fourth-order valence-corrected chi connectivity index (χ4v) is 4.48. The van der Waals surface area contributed by atoms with Gasteiger partial charge in [0, 0.05) is 25.2 Å². The summed E-state index contributed by atoms with van der Waals surface area (Å²) in [7, 11) is 0. The minimum atomic E-state index is -0.567. The summed E-state index contributed by atoms with van der Waals surface area (Å²) in [6.07, 6.45) is 4.63. The smallest absolute Gasteiger partial charge is 0.251 e. The van der Waals surface area contributed by atoms with E-state index in [2.05, 4.69) is 17.1 Å².